The van der Waals surface area contributed by atoms with Gasteiger partial charge >= 0.3 is 0 Å². The second kappa shape index (κ2) is 9.87. The molecule has 0 fully saturated rings. The Labute approximate surface area is 292 Å². The van der Waals surface area contributed by atoms with E-state index < -0.39 is 0 Å². The van der Waals surface area contributed by atoms with Gasteiger partial charge in [0.1, 0.15) is 0 Å². The van der Waals surface area contributed by atoms with Crippen molar-refractivity contribution in [2.75, 3.05) is 0 Å². The zero-order valence-electron chi connectivity index (χ0n) is 27.6. The molecule has 12 rings (SSSR count). The summed E-state index contributed by atoms with van der Waals surface area (Å²) in [6, 6.07) is 64.9. The number of para-hydroxylation sites is 7. The first-order valence-corrected chi connectivity index (χ1v) is 17.6. The average Bonchev–Trinajstić information content (AvgIpc) is 3.83. The lowest BCUT2D eigenvalue weighted by Crippen LogP contribution is -1.94. The van der Waals surface area contributed by atoms with Crippen molar-refractivity contribution in [2.24, 2.45) is 0 Å². The summed E-state index contributed by atoms with van der Waals surface area (Å²) in [7, 11) is 0. The van der Waals surface area contributed by atoms with Gasteiger partial charge in [-0.15, -0.1) is 0 Å². The van der Waals surface area contributed by atoms with Gasteiger partial charge in [0.15, 0.2) is 0 Å². The number of rotatable bonds is 2. The van der Waals surface area contributed by atoms with Crippen molar-refractivity contribution in [3.63, 3.8) is 0 Å². The van der Waals surface area contributed by atoms with E-state index in [4.69, 9.17) is 0 Å². The summed E-state index contributed by atoms with van der Waals surface area (Å²) in [6.45, 7) is 0. The molecule has 4 heterocycles. The molecule has 0 N–H and O–H groups in total. The quantitative estimate of drug-likeness (QED) is 0.177. The lowest BCUT2D eigenvalue weighted by molar-refractivity contribution is 1.18. The summed E-state index contributed by atoms with van der Waals surface area (Å²) in [5, 5.41) is 10.1. The number of nitrogens with zero attached hydrogens (tertiary/aromatic N) is 3. The molecule has 3 heteroatoms. The van der Waals surface area contributed by atoms with Crippen molar-refractivity contribution in [3.05, 3.63) is 176 Å². The minimum absolute atomic E-state index is 1.17. The Hall–Kier alpha value is -6.84. The molecule has 0 atom stereocenters. The molecule has 0 bridgehead atoms. The van der Waals surface area contributed by atoms with Gasteiger partial charge in [-0.1, -0.05) is 109 Å². The molecule has 8 aromatic carbocycles. The van der Waals surface area contributed by atoms with Crippen molar-refractivity contribution >= 4 is 87.2 Å². The number of fused-ring (bicyclic) bond motifs is 13. The van der Waals surface area contributed by atoms with E-state index in [0.29, 0.717) is 0 Å². The highest BCUT2D eigenvalue weighted by molar-refractivity contribution is 6.26. The van der Waals surface area contributed by atoms with E-state index >= 15 is 0 Å². The Morgan fingerprint density at radius 2 is 0.686 bits per heavy atom. The van der Waals surface area contributed by atoms with Crippen LogP contribution in [0.5, 0.6) is 0 Å². The van der Waals surface area contributed by atoms with Gasteiger partial charge in [0.2, 0.25) is 0 Å². The third-order valence-corrected chi connectivity index (χ3v) is 11.1. The van der Waals surface area contributed by atoms with Crippen molar-refractivity contribution < 1.29 is 0 Å². The van der Waals surface area contributed by atoms with Gasteiger partial charge in [0, 0.05) is 48.8 Å². The van der Waals surface area contributed by atoms with Gasteiger partial charge in [0.05, 0.1) is 44.1 Å². The molecule has 236 valence electrons. The van der Waals surface area contributed by atoms with Gasteiger partial charge in [-0.3, -0.25) is 0 Å². The molecule has 0 radical (unpaired) electrons. The van der Waals surface area contributed by atoms with E-state index in [0.717, 1.165) is 0 Å². The maximum atomic E-state index is 2.51. The number of hydrogen-bond donors (Lipinski definition) is 0. The summed E-state index contributed by atoms with van der Waals surface area (Å²) in [4.78, 5) is 0. The molecule has 0 aliphatic carbocycles. The first-order chi connectivity index (χ1) is 25.3. The molecular formula is C48H29N3. The van der Waals surface area contributed by atoms with E-state index in [2.05, 4.69) is 189 Å². The van der Waals surface area contributed by atoms with Crippen LogP contribution in [0, 0.1) is 0 Å². The molecule has 0 amide bonds. The first kappa shape index (κ1) is 27.0. The molecule has 0 saturated heterocycles. The van der Waals surface area contributed by atoms with E-state index in [1.165, 1.54) is 104 Å². The van der Waals surface area contributed by atoms with Crippen molar-refractivity contribution in [1.29, 1.82) is 0 Å². The molecule has 0 saturated carbocycles. The zero-order chi connectivity index (χ0) is 33.2. The maximum Gasteiger partial charge on any atom is 0.0703 e. The molecule has 0 aliphatic heterocycles. The van der Waals surface area contributed by atoms with Gasteiger partial charge < -0.3 is 13.4 Å². The Kier molecular flexibility index (Phi) is 5.23. The normalized spacial score (nSPS) is 12.3. The third-order valence-electron chi connectivity index (χ3n) is 11.1. The Balaban J connectivity index is 1.28. The van der Waals surface area contributed by atoms with Gasteiger partial charge in [-0.2, -0.15) is 0 Å². The van der Waals surface area contributed by atoms with Gasteiger partial charge in [-0.25, -0.2) is 0 Å². The van der Waals surface area contributed by atoms with Crippen molar-refractivity contribution in [3.8, 4) is 16.8 Å². The topological polar surface area (TPSA) is 13.8 Å². The summed E-state index contributed by atoms with van der Waals surface area (Å²) in [6.07, 6.45) is 0. The molecule has 3 nitrogen and oxygen atoms in total. The van der Waals surface area contributed by atoms with Crippen LogP contribution in [-0.2, 0) is 0 Å². The molecule has 0 spiro atoms. The second-order valence-electron chi connectivity index (χ2n) is 13.7. The van der Waals surface area contributed by atoms with Crippen LogP contribution in [0.2, 0.25) is 0 Å². The largest absolute Gasteiger partial charge is 0.309 e. The van der Waals surface area contributed by atoms with Crippen LogP contribution >= 0.6 is 0 Å². The maximum absolute atomic E-state index is 2.51. The van der Waals surface area contributed by atoms with Gasteiger partial charge in [0.25, 0.3) is 0 Å². The smallest absolute Gasteiger partial charge is 0.0703 e. The molecule has 51 heavy (non-hydrogen) atoms. The molecular weight excluding hydrogens is 619 g/mol. The van der Waals surface area contributed by atoms with Gasteiger partial charge in [-0.05, 0) is 77.9 Å². The van der Waals surface area contributed by atoms with Crippen LogP contribution in [0.15, 0.2) is 176 Å². The second-order valence-corrected chi connectivity index (χ2v) is 13.7. The first-order valence-electron chi connectivity index (χ1n) is 17.6. The SMILES string of the molecule is c1ccc(-n2c3ccccc3c3cc(-c4cc5c6ccccc6n6c7ccccc7n7c8ccccc8c8cccc(c(c4)c56)c87)ccc32)cc1. The summed E-state index contributed by atoms with van der Waals surface area (Å²) >= 11 is 0. The van der Waals surface area contributed by atoms with Crippen LogP contribution in [0.1, 0.15) is 0 Å². The molecule has 4 aromatic heterocycles. The van der Waals surface area contributed by atoms with Crippen molar-refractivity contribution in [1.82, 2.24) is 13.4 Å². The lowest BCUT2D eigenvalue weighted by atomic mass is 9.97. The Bertz CT molecular complexity index is 3410. The highest BCUT2D eigenvalue weighted by atomic mass is 15.0. The van der Waals surface area contributed by atoms with E-state index in [1.807, 2.05) is 0 Å². The van der Waals surface area contributed by atoms with Crippen LogP contribution in [-0.4, -0.2) is 13.4 Å². The highest BCUT2D eigenvalue weighted by Crippen LogP contribution is 2.43. The fraction of sp³-hybridized carbons (Fsp3) is 0. The standard InChI is InChI=1S/C48H29N3/c1-2-13-32(14-3-1)49-41-20-7-5-16-34(41)38-27-30(25-26-44(38)49)31-28-39-35-17-6-9-22-43(35)51-46-24-11-10-23-45(46)50-42-21-8-4-15-33(42)36-18-12-19-37(47(36)50)40(29-31)48(39)51/h1-29H. The number of aromatic nitrogens is 3. The lowest BCUT2D eigenvalue weighted by Gasteiger charge is -2.12. The predicted octanol–water partition coefficient (Wildman–Crippen LogP) is 12.7. The fourth-order valence-electron chi connectivity index (χ4n) is 9.06. The molecule has 12 aromatic rings. The average molecular weight is 648 g/mol. The van der Waals surface area contributed by atoms with Crippen LogP contribution in [0.3, 0.4) is 0 Å². The zero-order valence-corrected chi connectivity index (χ0v) is 27.6. The Morgan fingerprint density at radius 1 is 0.255 bits per heavy atom. The summed E-state index contributed by atoms with van der Waals surface area (Å²) < 4.78 is 7.39. The predicted molar refractivity (Wildman–Crippen MR) is 216 cm³/mol. The van der Waals surface area contributed by atoms with Crippen LogP contribution in [0.4, 0.5) is 0 Å². The summed E-state index contributed by atoms with van der Waals surface area (Å²) in [5.41, 5.74) is 13.3. The van der Waals surface area contributed by atoms with E-state index in [-0.39, 0.29) is 0 Å². The van der Waals surface area contributed by atoms with E-state index in [1.54, 1.807) is 0 Å². The Morgan fingerprint density at radius 3 is 1.35 bits per heavy atom. The summed E-state index contributed by atoms with van der Waals surface area (Å²) in [5.74, 6) is 0. The minimum Gasteiger partial charge on any atom is -0.309 e. The highest BCUT2D eigenvalue weighted by Gasteiger charge is 2.20. The number of hydrogen-bond acceptors (Lipinski definition) is 0. The fourth-order valence-corrected chi connectivity index (χ4v) is 9.06. The van der Waals surface area contributed by atoms with E-state index in [9.17, 15) is 0 Å². The minimum atomic E-state index is 1.17. The number of benzene rings is 8. The molecule has 0 aliphatic rings. The monoisotopic (exact) mass is 647 g/mol. The van der Waals surface area contributed by atoms with Crippen molar-refractivity contribution in [2.45, 2.75) is 0 Å². The third kappa shape index (κ3) is 3.52. The molecule has 0 unspecified atom stereocenters. The van der Waals surface area contributed by atoms with Crippen LogP contribution < -0.4 is 0 Å². The van der Waals surface area contributed by atoms with Crippen LogP contribution in [0.25, 0.3) is 104 Å².